The van der Waals surface area contributed by atoms with Crippen LogP contribution < -0.4 is 11.5 Å². The Balaban J connectivity index is 4.48. The van der Waals surface area contributed by atoms with Gasteiger partial charge >= 0.3 is 0 Å². The molecule has 4 N–H and O–H groups in total. The Bertz CT molecular complexity index is 241. The van der Waals surface area contributed by atoms with Crippen LogP contribution in [-0.4, -0.2) is 35.8 Å². The third-order valence-corrected chi connectivity index (χ3v) is 2.44. The molecule has 0 radical (unpaired) electrons. The van der Waals surface area contributed by atoms with E-state index in [9.17, 15) is 9.59 Å². The number of rotatable bonds is 7. The van der Waals surface area contributed by atoms with Gasteiger partial charge in [-0.2, -0.15) is 0 Å². The Kier molecular flexibility index (Phi) is 6.72. The molecule has 94 valence electrons. The fraction of sp³-hybridized carbons (Fsp3) is 0.818. The minimum absolute atomic E-state index is 0.0424. The molecule has 0 aliphatic carbocycles. The quantitative estimate of drug-likeness (QED) is 0.648. The smallest absolute Gasteiger partial charge is 0.240 e. The van der Waals surface area contributed by atoms with Gasteiger partial charge in [0.25, 0.3) is 0 Å². The maximum atomic E-state index is 11.9. The monoisotopic (exact) mass is 229 g/mol. The first-order valence-corrected chi connectivity index (χ1v) is 5.72. The molecule has 0 aromatic heterocycles. The highest BCUT2D eigenvalue weighted by molar-refractivity contribution is 5.86. The topological polar surface area (TPSA) is 89.4 Å². The van der Waals surface area contributed by atoms with Crippen LogP contribution in [0.25, 0.3) is 0 Å². The highest BCUT2D eigenvalue weighted by Crippen LogP contribution is 2.05. The van der Waals surface area contributed by atoms with Gasteiger partial charge in [-0.25, -0.2) is 0 Å². The molecule has 0 aromatic carbocycles. The van der Waals surface area contributed by atoms with Gasteiger partial charge in [-0.15, -0.1) is 0 Å². The van der Waals surface area contributed by atoms with Gasteiger partial charge in [0, 0.05) is 6.54 Å². The minimum Gasteiger partial charge on any atom is -0.368 e. The van der Waals surface area contributed by atoms with Crippen LogP contribution in [0.15, 0.2) is 0 Å². The third kappa shape index (κ3) is 5.11. The number of unbranched alkanes of at least 4 members (excludes halogenated alkanes) is 1. The SMILES string of the molecule is CCCCN(CC(N)=O)C(=O)[C@H](N)C(C)C. The molecular weight excluding hydrogens is 206 g/mol. The van der Waals surface area contributed by atoms with Crippen LogP contribution in [0.3, 0.4) is 0 Å². The number of nitrogens with two attached hydrogens (primary N) is 2. The van der Waals surface area contributed by atoms with Crippen LogP contribution in [0.1, 0.15) is 33.6 Å². The van der Waals surface area contributed by atoms with Crippen LogP contribution in [0.4, 0.5) is 0 Å². The number of hydrogen-bond donors (Lipinski definition) is 2. The van der Waals surface area contributed by atoms with Crippen LogP contribution in [0.2, 0.25) is 0 Å². The van der Waals surface area contributed by atoms with Gasteiger partial charge in [0.1, 0.15) is 0 Å². The molecule has 0 unspecified atom stereocenters. The molecular formula is C11H23N3O2. The van der Waals surface area contributed by atoms with E-state index in [0.717, 1.165) is 12.8 Å². The second kappa shape index (κ2) is 7.22. The Hall–Kier alpha value is -1.10. The Morgan fingerprint density at radius 1 is 1.31 bits per heavy atom. The van der Waals surface area contributed by atoms with E-state index in [2.05, 4.69) is 0 Å². The van der Waals surface area contributed by atoms with Gasteiger partial charge in [0.2, 0.25) is 11.8 Å². The Labute approximate surface area is 97.2 Å². The highest BCUT2D eigenvalue weighted by Gasteiger charge is 2.24. The zero-order chi connectivity index (χ0) is 12.7. The van der Waals surface area contributed by atoms with Crippen molar-refractivity contribution >= 4 is 11.8 Å². The van der Waals surface area contributed by atoms with Crippen molar-refractivity contribution in [2.75, 3.05) is 13.1 Å². The number of carbonyl (C=O) groups is 2. The van der Waals surface area contributed by atoms with Crippen molar-refractivity contribution in [3.63, 3.8) is 0 Å². The van der Waals surface area contributed by atoms with E-state index in [1.165, 1.54) is 4.90 Å². The van der Waals surface area contributed by atoms with E-state index in [1.807, 2.05) is 20.8 Å². The maximum absolute atomic E-state index is 11.9. The predicted octanol–water partition coefficient (Wildman–Crippen LogP) is 0.0837. The van der Waals surface area contributed by atoms with E-state index >= 15 is 0 Å². The van der Waals surface area contributed by atoms with E-state index in [-0.39, 0.29) is 18.4 Å². The summed E-state index contributed by atoms with van der Waals surface area (Å²) in [6.07, 6.45) is 1.81. The summed E-state index contributed by atoms with van der Waals surface area (Å²) >= 11 is 0. The second-order valence-electron chi connectivity index (χ2n) is 4.35. The van der Waals surface area contributed by atoms with Crippen molar-refractivity contribution < 1.29 is 9.59 Å². The van der Waals surface area contributed by atoms with Crippen molar-refractivity contribution in [3.05, 3.63) is 0 Å². The first-order valence-electron chi connectivity index (χ1n) is 5.72. The largest absolute Gasteiger partial charge is 0.368 e. The lowest BCUT2D eigenvalue weighted by Crippen LogP contribution is -2.49. The molecule has 0 spiro atoms. The van der Waals surface area contributed by atoms with Crippen molar-refractivity contribution in [2.24, 2.45) is 17.4 Å². The molecule has 0 saturated heterocycles. The molecule has 0 saturated carbocycles. The van der Waals surface area contributed by atoms with E-state index in [0.29, 0.717) is 6.54 Å². The van der Waals surface area contributed by atoms with Gasteiger partial charge in [0.15, 0.2) is 0 Å². The number of nitrogens with zero attached hydrogens (tertiary/aromatic N) is 1. The van der Waals surface area contributed by atoms with E-state index in [1.54, 1.807) is 0 Å². The van der Waals surface area contributed by atoms with Gasteiger partial charge in [-0.05, 0) is 12.3 Å². The lowest BCUT2D eigenvalue weighted by atomic mass is 10.0. The average molecular weight is 229 g/mol. The number of amides is 2. The van der Waals surface area contributed by atoms with E-state index < -0.39 is 11.9 Å². The van der Waals surface area contributed by atoms with Crippen molar-refractivity contribution in [3.8, 4) is 0 Å². The zero-order valence-electron chi connectivity index (χ0n) is 10.4. The maximum Gasteiger partial charge on any atom is 0.240 e. The number of primary amides is 1. The van der Waals surface area contributed by atoms with Crippen molar-refractivity contribution in [1.82, 2.24) is 4.90 Å². The van der Waals surface area contributed by atoms with Crippen LogP contribution in [0, 0.1) is 5.92 Å². The molecule has 2 amide bonds. The standard InChI is InChI=1S/C11H23N3O2/c1-4-5-6-14(7-9(12)15)11(16)10(13)8(2)3/h8,10H,4-7,13H2,1-3H3,(H2,12,15)/t10-/m1/s1. The molecule has 16 heavy (non-hydrogen) atoms. The molecule has 5 nitrogen and oxygen atoms in total. The molecule has 0 rings (SSSR count). The lowest BCUT2D eigenvalue weighted by Gasteiger charge is -2.26. The first-order chi connectivity index (χ1) is 7.40. The number of hydrogen-bond acceptors (Lipinski definition) is 3. The summed E-state index contributed by atoms with van der Waals surface area (Å²) < 4.78 is 0. The average Bonchev–Trinajstić information content (AvgIpc) is 2.21. The summed E-state index contributed by atoms with van der Waals surface area (Å²) in [7, 11) is 0. The summed E-state index contributed by atoms with van der Waals surface area (Å²) in [5, 5.41) is 0. The molecule has 0 fully saturated rings. The second-order valence-corrected chi connectivity index (χ2v) is 4.35. The van der Waals surface area contributed by atoms with Crippen LogP contribution in [0.5, 0.6) is 0 Å². The fourth-order valence-corrected chi connectivity index (χ4v) is 1.30. The van der Waals surface area contributed by atoms with Crippen LogP contribution in [-0.2, 0) is 9.59 Å². The molecule has 0 bridgehead atoms. The normalized spacial score (nSPS) is 12.6. The summed E-state index contributed by atoms with van der Waals surface area (Å²) in [6.45, 7) is 6.28. The first kappa shape index (κ1) is 14.9. The zero-order valence-corrected chi connectivity index (χ0v) is 10.4. The summed E-state index contributed by atoms with van der Waals surface area (Å²) in [4.78, 5) is 24.2. The molecule has 0 aliphatic heterocycles. The Morgan fingerprint density at radius 3 is 2.25 bits per heavy atom. The summed E-state index contributed by atoms with van der Waals surface area (Å²) in [6, 6.07) is -0.559. The minimum atomic E-state index is -0.559. The van der Waals surface area contributed by atoms with Gasteiger partial charge in [-0.3, -0.25) is 9.59 Å². The van der Waals surface area contributed by atoms with Crippen molar-refractivity contribution in [1.29, 1.82) is 0 Å². The molecule has 0 aromatic rings. The van der Waals surface area contributed by atoms with E-state index in [4.69, 9.17) is 11.5 Å². The lowest BCUT2D eigenvalue weighted by molar-refractivity contribution is -0.137. The molecule has 1 atom stereocenters. The predicted molar refractivity (Wildman–Crippen MR) is 63.5 cm³/mol. The fourth-order valence-electron chi connectivity index (χ4n) is 1.30. The third-order valence-electron chi connectivity index (χ3n) is 2.44. The van der Waals surface area contributed by atoms with Crippen molar-refractivity contribution in [2.45, 2.75) is 39.7 Å². The molecule has 5 heteroatoms. The molecule has 0 heterocycles. The highest BCUT2D eigenvalue weighted by atomic mass is 16.2. The summed E-state index contributed by atoms with van der Waals surface area (Å²) in [5.41, 5.74) is 10.9. The van der Waals surface area contributed by atoms with Crippen LogP contribution >= 0.6 is 0 Å². The van der Waals surface area contributed by atoms with Gasteiger partial charge < -0.3 is 16.4 Å². The molecule has 0 aliphatic rings. The number of carbonyl (C=O) groups excluding carboxylic acids is 2. The Morgan fingerprint density at radius 2 is 1.88 bits per heavy atom. The summed E-state index contributed by atoms with van der Waals surface area (Å²) in [5.74, 6) is -0.632. The van der Waals surface area contributed by atoms with Gasteiger partial charge in [0.05, 0.1) is 12.6 Å². The van der Waals surface area contributed by atoms with Gasteiger partial charge in [-0.1, -0.05) is 27.2 Å².